The number of hydrogen-bond donors (Lipinski definition) is 0. The largest absolute Gasteiger partial charge is 0.426 e. The van der Waals surface area contributed by atoms with Gasteiger partial charge >= 0.3 is 5.97 Å². The number of carbonyl (C=O) groups excluding carboxylic acids is 1. The number of esters is 1. The van der Waals surface area contributed by atoms with Crippen LogP contribution in [0, 0.1) is 23.7 Å². The van der Waals surface area contributed by atoms with Crippen LogP contribution in [0.1, 0.15) is 31.7 Å². The number of carbonyl (C=O) groups is 1. The highest BCUT2D eigenvalue weighted by Gasteiger charge is 2.63. The van der Waals surface area contributed by atoms with E-state index in [0.29, 0.717) is 11.8 Å². The van der Waals surface area contributed by atoms with E-state index in [2.05, 4.69) is 0 Å². The first-order valence-corrected chi connectivity index (χ1v) is 7.23. The first kappa shape index (κ1) is 11.3. The van der Waals surface area contributed by atoms with Crippen molar-refractivity contribution < 1.29 is 9.53 Å². The molecule has 0 radical (unpaired) electrons. The molecule has 0 amide bonds. The maximum absolute atomic E-state index is 11.4. The summed E-state index contributed by atoms with van der Waals surface area (Å²) in [7, 11) is 0. The lowest BCUT2D eigenvalue weighted by Gasteiger charge is -2.10. The fourth-order valence-corrected chi connectivity index (χ4v) is 4.42. The lowest BCUT2D eigenvalue weighted by molar-refractivity contribution is -0.134. The summed E-state index contributed by atoms with van der Waals surface area (Å²) in [6.07, 6.45) is 4.15. The quantitative estimate of drug-likeness (QED) is 0.595. The van der Waals surface area contributed by atoms with Gasteiger partial charge in [-0.3, -0.25) is 4.79 Å². The minimum atomic E-state index is -0.205. The van der Waals surface area contributed by atoms with Gasteiger partial charge in [0.25, 0.3) is 0 Å². The van der Waals surface area contributed by atoms with Crippen molar-refractivity contribution in [3.05, 3.63) is 41.5 Å². The normalized spacial score (nSPS) is 34.1. The molecule has 3 fully saturated rings. The fraction of sp³-hybridized carbons (Fsp3) is 0.471. The second-order valence-corrected chi connectivity index (χ2v) is 6.13. The second-order valence-electron chi connectivity index (χ2n) is 6.13. The number of allylic oxidation sites excluding steroid dienone is 1. The van der Waals surface area contributed by atoms with Crippen LogP contribution in [-0.4, -0.2) is 5.97 Å². The van der Waals surface area contributed by atoms with Crippen molar-refractivity contribution >= 4 is 11.7 Å². The second kappa shape index (κ2) is 3.96. The number of fused-ring (bicyclic) bond motifs is 5. The summed E-state index contributed by atoms with van der Waals surface area (Å²) in [5.41, 5.74) is 2.49. The van der Waals surface area contributed by atoms with Crippen LogP contribution in [0.15, 0.2) is 35.9 Å². The van der Waals surface area contributed by atoms with Crippen LogP contribution in [0.25, 0.3) is 5.76 Å². The highest BCUT2D eigenvalue weighted by Crippen LogP contribution is 2.70. The Morgan fingerprint density at radius 2 is 1.74 bits per heavy atom. The van der Waals surface area contributed by atoms with Crippen molar-refractivity contribution in [3.63, 3.8) is 0 Å². The van der Waals surface area contributed by atoms with Crippen molar-refractivity contribution in [2.45, 2.75) is 26.2 Å². The predicted octanol–water partition coefficient (Wildman–Crippen LogP) is 3.64. The first-order chi connectivity index (χ1) is 9.25. The van der Waals surface area contributed by atoms with Crippen molar-refractivity contribution in [2.24, 2.45) is 23.7 Å². The van der Waals surface area contributed by atoms with Gasteiger partial charge in [0, 0.05) is 12.5 Å². The third-order valence-electron chi connectivity index (χ3n) is 5.07. The Morgan fingerprint density at radius 3 is 2.32 bits per heavy atom. The van der Waals surface area contributed by atoms with E-state index in [0.717, 1.165) is 23.2 Å². The highest BCUT2D eigenvalue weighted by atomic mass is 16.5. The van der Waals surface area contributed by atoms with E-state index < -0.39 is 0 Å². The van der Waals surface area contributed by atoms with Crippen LogP contribution in [-0.2, 0) is 9.53 Å². The SMILES string of the molecule is CC(=O)OC(=C1C2C3CCC(C3)C12)c1ccccc1. The molecular formula is C17H18O2. The molecule has 0 spiro atoms. The summed E-state index contributed by atoms with van der Waals surface area (Å²) in [6, 6.07) is 10.1. The topological polar surface area (TPSA) is 26.3 Å². The van der Waals surface area contributed by atoms with Gasteiger partial charge in [0.15, 0.2) is 0 Å². The van der Waals surface area contributed by atoms with Gasteiger partial charge in [0.05, 0.1) is 0 Å². The summed E-state index contributed by atoms with van der Waals surface area (Å²) < 4.78 is 5.56. The smallest absolute Gasteiger partial charge is 0.308 e. The minimum Gasteiger partial charge on any atom is -0.426 e. The van der Waals surface area contributed by atoms with E-state index in [4.69, 9.17) is 4.74 Å². The zero-order valence-corrected chi connectivity index (χ0v) is 11.1. The molecule has 4 unspecified atom stereocenters. The Morgan fingerprint density at radius 1 is 1.11 bits per heavy atom. The molecule has 98 valence electrons. The average Bonchev–Trinajstić information content (AvgIpc) is 2.83. The molecule has 4 rings (SSSR count). The van der Waals surface area contributed by atoms with E-state index in [1.165, 1.54) is 31.8 Å². The molecule has 1 aromatic rings. The molecule has 3 saturated carbocycles. The zero-order valence-electron chi connectivity index (χ0n) is 11.1. The molecule has 0 N–H and O–H groups in total. The number of hydrogen-bond acceptors (Lipinski definition) is 2. The number of ether oxygens (including phenoxy) is 1. The molecule has 0 aromatic heterocycles. The molecule has 4 atom stereocenters. The van der Waals surface area contributed by atoms with E-state index in [1.54, 1.807) is 0 Å². The van der Waals surface area contributed by atoms with E-state index >= 15 is 0 Å². The molecule has 0 aliphatic heterocycles. The molecular weight excluding hydrogens is 236 g/mol. The van der Waals surface area contributed by atoms with Gasteiger partial charge in [0.1, 0.15) is 5.76 Å². The maximum Gasteiger partial charge on any atom is 0.308 e. The van der Waals surface area contributed by atoms with Crippen LogP contribution < -0.4 is 0 Å². The monoisotopic (exact) mass is 254 g/mol. The highest BCUT2D eigenvalue weighted by molar-refractivity contribution is 5.79. The lowest BCUT2D eigenvalue weighted by Crippen LogP contribution is -2.01. The lowest BCUT2D eigenvalue weighted by atomic mass is 10.0. The van der Waals surface area contributed by atoms with Crippen LogP contribution in [0.5, 0.6) is 0 Å². The van der Waals surface area contributed by atoms with Crippen molar-refractivity contribution in [3.8, 4) is 0 Å². The number of rotatable bonds is 2. The van der Waals surface area contributed by atoms with E-state index in [-0.39, 0.29) is 5.97 Å². The van der Waals surface area contributed by atoms with Gasteiger partial charge in [-0.15, -0.1) is 0 Å². The Bertz CT molecular complexity index is 540. The third-order valence-corrected chi connectivity index (χ3v) is 5.07. The molecule has 0 heterocycles. The predicted molar refractivity (Wildman–Crippen MR) is 72.9 cm³/mol. The molecule has 3 aliphatic carbocycles. The maximum atomic E-state index is 11.4. The Kier molecular flexibility index (Phi) is 2.35. The summed E-state index contributed by atoms with van der Waals surface area (Å²) in [5, 5.41) is 0. The van der Waals surface area contributed by atoms with Crippen molar-refractivity contribution in [2.75, 3.05) is 0 Å². The summed E-state index contributed by atoms with van der Waals surface area (Å²) >= 11 is 0. The van der Waals surface area contributed by atoms with Gasteiger partial charge in [-0.2, -0.15) is 0 Å². The molecule has 19 heavy (non-hydrogen) atoms. The van der Waals surface area contributed by atoms with Gasteiger partial charge in [-0.25, -0.2) is 0 Å². The summed E-state index contributed by atoms with van der Waals surface area (Å²) in [5.74, 6) is 3.81. The van der Waals surface area contributed by atoms with Gasteiger partial charge in [-0.1, -0.05) is 30.3 Å². The summed E-state index contributed by atoms with van der Waals surface area (Å²) in [4.78, 5) is 11.4. The van der Waals surface area contributed by atoms with Crippen molar-refractivity contribution in [1.29, 1.82) is 0 Å². The first-order valence-electron chi connectivity index (χ1n) is 7.23. The zero-order chi connectivity index (χ0) is 13.0. The third kappa shape index (κ3) is 1.66. The van der Waals surface area contributed by atoms with Gasteiger partial charge < -0.3 is 4.74 Å². The van der Waals surface area contributed by atoms with Gasteiger partial charge in [0.2, 0.25) is 0 Å². The van der Waals surface area contributed by atoms with Crippen LogP contribution in [0.3, 0.4) is 0 Å². The summed E-state index contributed by atoms with van der Waals surface area (Å²) in [6.45, 7) is 1.50. The Labute approximate surface area is 113 Å². The van der Waals surface area contributed by atoms with Crippen molar-refractivity contribution in [1.82, 2.24) is 0 Å². The average molecular weight is 254 g/mol. The minimum absolute atomic E-state index is 0.205. The Hall–Kier alpha value is -1.57. The molecule has 3 aliphatic rings. The Balaban J connectivity index is 1.75. The molecule has 2 nitrogen and oxygen atoms in total. The molecule has 0 saturated heterocycles. The van der Waals surface area contributed by atoms with Crippen LogP contribution >= 0.6 is 0 Å². The van der Waals surface area contributed by atoms with E-state index in [9.17, 15) is 4.79 Å². The van der Waals surface area contributed by atoms with E-state index in [1.807, 2.05) is 30.3 Å². The fourth-order valence-electron chi connectivity index (χ4n) is 4.42. The number of benzene rings is 1. The standard InChI is InChI=1S/C17H18O2/c1-10(18)19-17(11-5-3-2-4-6-11)16-14-12-7-8-13(9-12)15(14)16/h2-6,12-15H,7-9H2,1H3. The van der Waals surface area contributed by atoms with Crippen LogP contribution in [0.2, 0.25) is 0 Å². The van der Waals surface area contributed by atoms with Crippen LogP contribution in [0.4, 0.5) is 0 Å². The molecule has 2 heteroatoms. The molecule has 1 aromatic carbocycles. The molecule has 2 bridgehead atoms. The van der Waals surface area contributed by atoms with Gasteiger partial charge in [-0.05, 0) is 48.5 Å².